The lowest BCUT2D eigenvalue weighted by Crippen LogP contribution is -2.01. The average Bonchev–Trinajstić information content (AvgIpc) is 3.29. The topological polar surface area (TPSA) is 117 Å². The van der Waals surface area contributed by atoms with Crippen LogP contribution in [0.2, 0.25) is 0 Å². The van der Waals surface area contributed by atoms with Crippen molar-refractivity contribution < 1.29 is 24.1 Å². The molecule has 0 aliphatic heterocycles. The molecule has 176 valence electrons. The molecule has 2 N–H and O–H groups in total. The molecule has 0 amide bonds. The van der Waals surface area contributed by atoms with E-state index in [0.717, 1.165) is 25.7 Å². The van der Waals surface area contributed by atoms with Gasteiger partial charge >= 0.3 is 5.97 Å². The second-order valence-electron chi connectivity index (χ2n) is 7.46. The Morgan fingerprint density at radius 1 is 1.14 bits per heavy atom. The van der Waals surface area contributed by atoms with Gasteiger partial charge in [-0.05, 0) is 76.2 Å². The van der Waals surface area contributed by atoms with Gasteiger partial charge in [-0.25, -0.2) is 9.78 Å². The van der Waals surface area contributed by atoms with Gasteiger partial charge in [0.2, 0.25) is 0 Å². The van der Waals surface area contributed by atoms with Gasteiger partial charge in [0, 0.05) is 6.07 Å². The van der Waals surface area contributed by atoms with Gasteiger partial charge in [0.1, 0.15) is 24.3 Å². The molecule has 0 bridgehead atoms. The Morgan fingerprint density at radius 2 is 1.91 bits per heavy atom. The van der Waals surface area contributed by atoms with E-state index in [1.807, 2.05) is 24.3 Å². The van der Waals surface area contributed by atoms with Crippen LogP contribution in [0.5, 0.6) is 17.2 Å². The predicted molar refractivity (Wildman–Crippen MR) is 140 cm³/mol. The number of ether oxygens (including phenoxy) is 3. The first kappa shape index (κ1) is 24.1. The summed E-state index contributed by atoms with van der Waals surface area (Å²) in [6.07, 6.45) is 1.73. The van der Waals surface area contributed by atoms with Gasteiger partial charge in [0.15, 0.2) is 11.5 Å². The smallest absolute Gasteiger partial charge is 0.335 e. The van der Waals surface area contributed by atoms with E-state index in [1.54, 1.807) is 38.5 Å². The number of halogens is 1. The molecule has 0 aliphatic rings. The largest absolute Gasteiger partial charge is 0.497 e. The Bertz CT molecular complexity index is 1470. The number of nitrogens with zero attached hydrogens (tertiary/aromatic N) is 2. The van der Waals surface area contributed by atoms with Crippen LogP contribution in [0.1, 0.15) is 27.3 Å². The standard InChI is InChI=1S/C26H20IN3O5/c1-33-19-7-8-21-22(12-19)30-25(29-21)18(13-28)9-16-10-20(27)24(23(11-16)34-2)35-14-15-3-5-17(6-4-15)26(31)32/h3-12H,14H2,1-2H3,(H,29,30)(H,31,32)/b18-9-. The highest BCUT2D eigenvalue weighted by molar-refractivity contribution is 14.1. The van der Waals surface area contributed by atoms with E-state index in [9.17, 15) is 10.1 Å². The zero-order chi connectivity index (χ0) is 24.9. The summed E-state index contributed by atoms with van der Waals surface area (Å²) in [6.45, 7) is 0.243. The third-order valence-corrected chi connectivity index (χ3v) is 6.01. The number of imidazole rings is 1. The van der Waals surface area contributed by atoms with Crippen molar-refractivity contribution in [2.75, 3.05) is 14.2 Å². The molecular formula is C26H20IN3O5. The molecule has 0 spiro atoms. The number of aromatic nitrogens is 2. The van der Waals surface area contributed by atoms with Crippen LogP contribution in [0.3, 0.4) is 0 Å². The van der Waals surface area contributed by atoms with Gasteiger partial charge in [-0.2, -0.15) is 5.26 Å². The molecule has 4 rings (SSSR count). The fourth-order valence-corrected chi connectivity index (χ4v) is 4.21. The summed E-state index contributed by atoms with van der Waals surface area (Å²) in [6, 6.07) is 17.8. The van der Waals surface area contributed by atoms with Gasteiger partial charge in [0.05, 0.1) is 40.0 Å². The predicted octanol–water partition coefficient (Wildman–Crippen LogP) is 5.53. The zero-order valence-electron chi connectivity index (χ0n) is 18.8. The molecule has 0 aliphatic carbocycles. The first-order valence-electron chi connectivity index (χ1n) is 10.4. The molecule has 3 aromatic carbocycles. The number of hydrogen-bond donors (Lipinski definition) is 2. The van der Waals surface area contributed by atoms with E-state index in [-0.39, 0.29) is 12.2 Å². The van der Waals surface area contributed by atoms with Crippen molar-refractivity contribution in [3.05, 3.63) is 80.7 Å². The molecule has 0 fully saturated rings. The van der Waals surface area contributed by atoms with Crippen LogP contribution >= 0.6 is 22.6 Å². The number of nitriles is 1. The van der Waals surface area contributed by atoms with Crippen LogP contribution in [0, 0.1) is 14.9 Å². The maximum atomic E-state index is 11.0. The van der Waals surface area contributed by atoms with Crippen molar-refractivity contribution in [2.45, 2.75) is 6.61 Å². The number of hydrogen-bond acceptors (Lipinski definition) is 6. The molecule has 0 saturated heterocycles. The van der Waals surface area contributed by atoms with Crippen LogP contribution < -0.4 is 14.2 Å². The summed E-state index contributed by atoms with van der Waals surface area (Å²) in [5, 5.41) is 18.8. The summed E-state index contributed by atoms with van der Waals surface area (Å²) in [5.41, 5.74) is 3.66. The van der Waals surface area contributed by atoms with E-state index in [0.29, 0.717) is 28.6 Å². The van der Waals surface area contributed by atoms with Crippen LogP contribution in [0.25, 0.3) is 22.7 Å². The maximum absolute atomic E-state index is 11.0. The Labute approximate surface area is 214 Å². The maximum Gasteiger partial charge on any atom is 0.335 e. The lowest BCUT2D eigenvalue weighted by atomic mass is 10.1. The molecule has 1 aromatic heterocycles. The summed E-state index contributed by atoms with van der Waals surface area (Å²) in [4.78, 5) is 18.7. The van der Waals surface area contributed by atoms with Gasteiger partial charge in [-0.3, -0.25) is 0 Å². The lowest BCUT2D eigenvalue weighted by molar-refractivity contribution is 0.0697. The Balaban J connectivity index is 1.60. The molecular weight excluding hydrogens is 561 g/mol. The number of H-pyrrole nitrogens is 1. The quantitative estimate of drug-likeness (QED) is 0.208. The van der Waals surface area contributed by atoms with Gasteiger partial charge < -0.3 is 24.3 Å². The molecule has 8 nitrogen and oxygen atoms in total. The number of aromatic carboxylic acids is 1. The molecule has 1 heterocycles. The number of rotatable bonds is 8. The van der Waals surface area contributed by atoms with Crippen LogP contribution in [0.15, 0.2) is 54.6 Å². The number of carboxylic acid groups (broad SMARTS) is 1. The summed E-state index contributed by atoms with van der Waals surface area (Å²) in [5.74, 6) is 1.24. The molecule has 9 heteroatoms. The van der Waals surface area contributed by atoms with Crippen molar-refractivity contribution in [3.63, 3.8) is 0 Å². The number of benzene rings is 3. The molecule has 35 heavy (non-hydrogen) atoms. The average molecular weight is 581 g/mol. The van der Waals surface area contributed by atoms with E-state index in [4.69, 9.17) is 19.3 Å². The third kappa shape index (κ3) is 5.38. The van der Waals surface area contributed by atoms with Crippen LogP contribution in [-0.4, -0.2) is 35.3 Å². The van der Waals surface area contributed by atoms with Crippen LogP contribution in [-0.2, 0) is 6.61 Å². The minimum Gasteiger partial charge on any atom is -0.497 e. The normalized spacial score (nSPS) is 11.2. The van der Waals surface area contributed by atoms with Crippen molar-refractivity contribution in [1.29, 1.82) is 5.26 Å². The molecule has 0 atom stereocenters. The number of methoxy groups -OCH3 is 2. The fourth-order valence-electron chi connectivity index (χ4n) is 3.43. The van der Waals surface area contributed by atoms with E-state index < -0.39 is 5.97 Å². The van der Waals surface area contributed by atoms with E-state index in [1.165, 1.54) is 12.1 Å². The Hall–Kier alpha value is -4.04. The SMILES string of the molecule is COc1ccc2nc(/C(C#N)=C\c3cc(I)c(OCc4ccc(C(=O)O)cc4)c(OC)c3)[nH]c2c1. The number of carboxylic acids is 1. The van der Waals surface area contributed by atoms with Crippen molar-refractivity contribution in [1.82, 2.24) is 9.97 Å². The monoisotopic (exact) mass is 581 g/mol. The van der Waals surface area contributed by atoms with Crippen molar-refractivity contribution >= 4 is 51.2 Å². The zero-order valence-corrected chi connectivity index (χ0v) is 21.0. The second-order valence-corrected chi connectivity index (χ2v) is 8.63. The second kappa shape index (κ2) is 10.5. The molecule has 0 unspecified atom stereocenters. The minimum atomic E-state index is -0.976. The highest BCUT2D eigenvalue weighted by atomic mass is 127. The number of aromatic amines is 1. The van der Waals surface area contributed by atoms with Gasteiger partial charge in [-0.15, -0.1) is 0 Å². The summed E-state index contributed by atoms with van der Waals surface area (Å²) in [7, 11) is 3.14. The lowest BCUT2D eigenvalue weighted by Gasteiger charge is -2.14. The number of allylic oxidation sites excluding steroid dienone is 1. The summed E-state index contributed by atoms with van der Waals surface area (Å²) >= 11 is 2.15. The highest BCUT2D eigenvalue weighted by Gasteiger charge is 2.14. The first-order chi connectivity index (χ1) is 16.9. The number of fused-ring (bicyclic) bond motifs is 1. The first-order valence-corrected chi connectivity index (χ1v) is 11.5. The molecule has 0 saturated carbocycles. The highest BCUT2D eigenvalue weighted by Crippen LogP contribution is 2.35. The number of carbonyl (C=O) groups is 1. The Kier molecular flexibility index (Phi) is 7.22. The fraction of sp³-hybridized carbons (Fsp3) is 0.115. The Morgan fingerprint density at radius 3 is 2.57 bits per heavy atom. The number of nitrogens with one attached hydrogen (secondary N) is 1. The third-order valence-electron chi connectivity index (χ3n) is 5.21. The van der Waals surface area contributed by atoms with E-state index >= 15 is 0 Å². The van der Waals surface area contributed by atoms with Crippen molar-refractivity contribution in [3.8, 4) is 23.3 Å². The minimum absolute atomic E-state index is 0.217. The molecule has 0 radical (unpaired) electrons. The van der Waals surface area contributed by atoms with Crippen LogP contribution in [0.4, 0.5) is 0 Å². The van der Waals surface area contributed by atoms with E-state index in [2.05, 4.69) is 38.6 Å². The molecule has 4 aromatic rings. The van der Waals surface area contributed by atoms with Gasteiger partial charge in [0.25, 0.3) is 0 Å². The van der Waals surface area contributed by atoms with Gasteiger partial charge in [-0.1, -0.05) is 12.1 Å². The van der Waals surface area contributed by atoms with Crippen molar-refractivity contribution in [2.24, 2.45) is 0 Å². The summed E-state index contributed by atoms with van der Waals surface area (Å²) < 4.78 is 17.6.